The standard InChI is InChI=1S/C21H21N3O2S/c1-26-18-6-4-16(5-7-18)10-14-23-20(25)19-3-2-11-24-21(19)27-15-17-8-12-22-13-9-17/h2-9,11-13H,10,14-15H2,1H3,(H,23,25)/p+1. The van der Waals surface area contributed by atoms with E-state index in [0.717, 1.165) is 34.1 Å². The lowest BCUT2D eigenvalue weighted by atomic mass is 10.1. The summed E-state index contributed by atoms with van der Waals surface area (Å²) in [6, 6.07) is 15.5. The van der Waals surface area contributed by atoms with E-state index < -0.39 is 0 Å². The van der Waals surface area contributed by atoms with Gasteiger partial charge in [0.25, 0.3) is 10.9 Å². The van der Waals surface area contributed by atoms with Crippen molar-refractivity contribution in [3.63, 3.8) is 0 Å². The van der Waals surface area contributed by atoms with Gasteiger partial charge in [0.2, 0.25) is 0 Å². The number of H-pyrrole nitrogens is 1. The van der Waals surface area contributed by atoms with E-state index in [1.807, 2.05) is 54.7 Å². The molecule has 0 fully saturated rings. The minimum Gasteiger partial charge on any atom is -0.497 e. The zero-order valence-electron chi connectivity index (χ0n) is 15.1. The summed E-state index contributed by atoms with van der Waals surface area (Å²) in [5.41, 5.74) is 2.98. The van der Waals surface area contributed by atoms with Gasteiger partial charge in [0, 0.05) is 30.8 Å². The molecule has 0 aliphatic carbocycles. The lowest BCUT2D eigenvalue weighted by Gasteiger charge is -2.07. The van der Waals surface area contributed by atoms with Gasteiger partial charge >= 0.3 is 0 Å². The van der Waals surface area contributed by atoms with Crippen molar-refractivity contribution in [2.24, 2.45) is 0 Å². The highest BCUT2D eigenvalue weighted by molar-refractivity contribution is 7.98. The fourth-order valence-electron chi connectivity index (χ4n) is 2.56. The SMILES string of the molecule is COc1ccc(CCNC(=O)c2ccc[nH+]c2SCc2ccncc2)cc1. The molecule has 2 heterocycles. The second-order valence-corrected chi connectivity index (χ2v) is 6.90. The maximum absolute atomic E-state index is 12.6. The number of nitrogens with zero attached hydrogens (tertiary/aromatic N) is 1. The number of nitrogens with one attached hydrogen (secondary N) is 2. The van der Waals surface area contributed by atoms with E-state index >= 15 is 0 Å². The monoisotopic (exact) mass is 380 g/mol. The van der Waals surface area contributed by atoms with Crippen LogP contribution in [0.4, 0.5) is 0 Å². The van der Waals surface area contributed by atoms with E-state index in [9.17, 15) is 4.79 Å². The Morgan fingerprint density at radius 2 is 1.89 bits per heavy atom. The molecule has 5 nitrogen and oxygen atoms in total. The molecule has 3 aromatic rings. The van der Waals surface area contributed by atoms with Crippen LogP contribution in [0.3, 0.4) is 0 Å². The second kappa shape index (κ2) is 9.73. The molecule has 1 amide bonds. The average molecular weight is 380 g/mol. The summed E-state index contributed by atoms with van der Waals surface area (Å²) in [7, 11) is 1.65. The van der Waals surface area contributed by atoms with E-state index in [1.54, 1.807) is 31.3 Å². The third kappa shape index (κ3) is 5.56. The van der Waals surface area contributed by atoms with Gasteiger partial charge in [0.1, 0.15) is 11.3 Å². The van der Waals surface area contributed by atoms with Crippen molar-refractivity contribution in [3.8, 4) is 5.75 Å². The van der Waals surface area contributed by atoms with Gasteiger partial charge in [-0.05, 0) is 47.9 Å². The molecule has 2 N–H and O–H groups in total. The fraction of sp³-hybridized carbons (Fsp3) is 0.190. The van der Waals surface area contributed by atoms with Crippen LogP contribution in [0.2, 0.25) is 0 Å². The van der Waals surface area contributed by atoms with E-state index in [1.165, 1.54) is 0 Å². The Morgan fingerprint density at radius 1 is 1.11 bits per heavy atom. The fourth-order valence-corrected chi connectivity index (χ4v) is 3.53. The first-order valence-electron chi connectivity index (χ1n) is 8.70. The summed E-state index contributed by atoms with van der Waals surface area (Å²) in [5, 5.41) is 3.86. The van der Waals surface area contributed by atoms with E-state index in [2.05, 4.69) is 15.3 Å². The van der Waals surface area contributed by atoms with E-state index in [-0.39, 0.29) is 5.91 Å². The number of ether oxygens (including phenoxy) is 1. The van der Waals surface area contributed by atoms with Crippen molar-refractivity contribution >= 4 is 17.7 Å². The number of hydrogen-bond donors (Lipinski definition) is 1. The number of benzene rings is 1. The van der Waals surface area contributed by atoms with Crippen LogP contribution in [0.25, 0.3) is 0 Å². The van der Waals surface area contributed by atoms with Crippen LogP contribution in [0, 0.1) is 0 Å². The third-order valence-electron chi connectivity index (χ3n) is 4.05. The zero-order chi connectivity index (χ0) is 18.9. The Balaban J connectivity index is 1.56. The van der Waals surface area contributed by atoms with Crippen molar-refractivity contribution in [2.75, 3.05) is 13.7 Å². The number of methoxy groups -OCH3 is 1. The Labute approximate surface area is 163 Å². The number of pyridine rings is 2. The summed E-state index contributed by atoms with van der Waals surface area (Å²) < 4.78 is 5.16. The summed E-state index contributed by atoms with van der Waals surface area (Å²) in [6.45, 7) is 0.578. The van der Waals surface area contributed by atoms with Gasteiger partial charge < -0.3 is 10.1 Å². The molecule has 27 heavy (non-hydrogen) atoms. The van der Waals surface area contributed by atoms with Crippen molar-refractivity contribution in [2.45, 2.75) is 17.2 Å². The van der Waals surface area contributed by atoms with Crippen molar-refractivity contribution < 1.29 is 14.5 Å². The van der Waals surface area contributed by atoms with Crippen LogP contribution in [-0.2, 0) is 12.2 Å². The lowest BCUT2D eigenvalue weighted by Crippen LogP contribution is -2.28. The highest BCUT2D eigenvalue weighted by Gasteiger charge is 2.17. The molecule has 1 aromatic carbocycles. The molecule has 0 saturated carbocycles. The number of carbonyl (C=O) groups is 1. The first-order chi connectivity index (χ1) is 13.3. The van der Waals surface area contributed by atoms with Crippen LogP contribution in [0.1, 0.15) is 21.5 Å². The molecular weight excluding hydrogens is 358 g/mol. The smallest absolute Gasteiger partial charge is 0.258 e. The highest BCUT2D eigenvalue weighted by Crippen LogP contribution is 2.21. The van der Waals surface area contributed by atoms with Crippen LogP contribution >= 0.6 is 11.8 Å². The molecule has 0 aliphatic heterocycles. The van der Waals surface area contributed by atoms with Gasteiger partial charge in [-0.25, -0.2) is 4.98 Å². The number of aromatic amines is 1. The van der Waals surface area contributed by atoms with Crippen LogP contribution < -0.4 is 15.0 Å². The van der Waals surface area contributed by atoms with E-state index in [4.69, 9.17) is 4.74 Å². The number of amides is 1. The molecular formula is C21H22N3O2S+. The summed E-state index contributed by atoms with van der Waals surface area (Å²) in [6.07, 6.45) is 6.16. The largest absolute Gasteiger partial charge is 0.497 e. The van der Waals surface area contributed by atoms with Crippen LogP contribution in [0.5, 0.6) is 5.75 Å². The third-order valence-corrected chi connectivity index (χ3v) is 5.16. The molecule has 2 aromatic heterocycles. The normalized spacial score (nSPS) is 10.4. The quantitative estimate of drug-likeness (QED) is 0.610. The molecule has 0 spiro atoms. The lowest BCUT2D eigenvalue weighted by molar-refractivity contribution is -0.426. The molecule has 0 unspecified atom stereocenters. The van der Waals surface area contributed by atoms with Gasteiger partial charge in [-0.3, -0.25) is 9.78 Å². The van der Waals surface area contributed by atoms with Crippen LogP contribution in [-0.4, -0.2) is 24.5 Å². The number of thioether (sulfide) groups is 1. The summed E-state index contributed by atoms with van der Waals surface area (Å²) in [4.78, 5) is 19.8. The van der Waals surface area contributed by atoms with Crippen molar-refractivity contribution in [1.29, 1.82) is 0 Å². The molecule has 0 aliphatic rings. The molecule has 0 atom stereocenters. The Bertz CT molecular complexity index is 870. The van der Waals surface area contributed by atoms with E-state index in [0.29, 0.717) is 12.1 Å². The first kappa shape index (κ1) is 18.9. The predicted molar refractivity (Wildman–Crippen MR) is 106 cm³/mol. The average Bonchev–Trinajstić information content (AvgIpc) is 2.73. The van der Waals surface area contributed by atoms with Gasteiger partial charge in [0.15, 0.2) is 6.20 Å². The molecule has 0 radical (unpaired) electrons. The molecule has 3 rings (SSSR count). The number of aromatic nitrogens is 2. The Hall–Kier alpha value is -2.86. The van der Waals surface area contributed by atoms with Gasteiger partial charge in [-0.1, -0.05) is 23.9 Å². The molecule has 0 bridgehead atoms. The van der Waals surface area contributed by atoms with Crippen LogP contribution in [0.15, 0.2) is 72.1 Å². The second-order valence-electron chi connectivity index (χ2n) is 5.91. The minimum atomic E-state index is -0.0717. The number of hydrogen-bond acceptors (Lipinski definition) is 4. The van der Waals surface area contributed by atoms with Gasteiger partial charge in [-0.2, -0.15) is 0 Å². The molecule has 138 valence electrons. The number of rotatable bonds is 8. The van der Waals surface area contributed by atoms with Crippen molar-refractivity contribution in [1.82, 2.24) is 10.3 Å². The van der Waals surface area contributed by atoms with Gasteiger partial charge in [0.05, 0.1) is 7.11 Å². The number of carbonyl (C=O) groups excluding carboxylic acids is 1. The molecule has 0 saturated heterocycles. The molecule has 6 heteroatoms. The Kier molecular flexibility index (Phi) is 6.82. The van der Waals surface area contributed by atoms with Crippen molar-refractivity contribution in [3.05, 3.63) is 83.8 Å². The zero-order valence-corrected chi connectivity index (χ0v) is 16.0. The predicted octanol–water partition coefficient (Wildman–Crippen LogP) is 3.17. The highest BCUT2D eigenvalue weighted by atomic mass is 32.2. The first-order valence-corrected chi connectivity index (χ1v) is 9.68. The minimum absolute atomic E-state index is 0.0717. The summed E-state index contributed by atoms with van der Waals surface area (Å²) in [5.74, 6) is 1.53. The van der Waals surface area contributed by atoms with Gasteiger partial charge in [-0.15, -0.1) is 0 Å². The maximum atomic E-state index is 12.6. The topological polar surface area (TPSA) is 65.4 Å². The maximum Gasteiger partial charge on any atom is 0.258 e. The Morgan fingerprint density at radius 3 is 2.63 bits per heavy atom. The summed E-state index contributed by atoms with van der Waals surface area (Å²) >= 11 is 1.60.